The molecule has 0 saturated heterocycles. The van der Waals surface area contributed by atoms with Crippen molar-refractivity contribution in [1.29, 1.82) is 0 Å². The van der Waals surface area contributed by atoms with Crippen molar-refractivity contribution in [3.8, 4) is 0 Å². The van der Waals surface area contributed by atoms with Crippen LogP contribution in [0.15, 0.2) is 33.7 Å². The second-order valence-corrected chi connectivity index (χ2v) is 10.3. The first-order valence-corrected chi connectivity index (χ1v) is 12.6. The molecule has 34 heavy (non-hydrogen) atoms. The summed E-state index contributed by atoms with van der Waals surface area (Å²) in [6, 6.07) is 7.86. The Balaban J connectivity index is 1.56. The van der Waals surface area contributed by atoms with Crippen molar-refractivity contribution >= 4 is 37.8 Å². The summed E-state index contributed by atoms with van der Waals surface area (Å²) in [5.41, 5.74) is 9.06. The minimum Gasteiger partial charge on any atom is -0.384 e. The highest BCUT2D eigenvalue weighted by Gasteiger charge is 2.28. The Morgan fingerprint density at radius 2 is 1.94 bits per heavy atom. The fourth-order valence-electron chi connectivity index (χ4n) is 4.25. The van der Waals surface area contributed by atoms with Crippen LogP contribution in [-0.2, 0) is 27.7 Å². The molecule has 1 aromatic carbocycles. The molecule has 10 nitrogen and oxygen atoms in total. The van der Waals surface area contributed by atoms with Crippen molar-refractivity contribution in [2.75, 3.05) is 33.0 Å². The van der Waals surface area contributed by atoms with E-state index in [2.05, 4.69) is 14.7 Å². The molecule has 0 aliphatic heterocycles. The number of hydrogen-bond acceptors (Lipinski definition) is 8. The fourth-order valence-corrected chi connectivity index (χ4v) is 5.75. The topological polar surface area (TPSA) is 129 Å². The van der Waals surface area contributed by atoms with Gasteiger partial charge in [-0.2, -0.15) is 0 Å². The number of anilines is 1. The Hall–Kier alpha value is -3.02. The number of imidazole rings is 1. The monoisotopic (exact) mass is 486 g/mol. The summed E-state index contributed by atoms with van der Waals surface area (Å²) in [6.45, 7) is 4.82. The maximum atomic E-state index is 13.0. The van der Waals surface area contributed by atoms with Gasteiger partial charge < -0.3 is 19.6 Å². The maximum absolute atomic E-state index is 13.0. The van der Waals surface area contributed by atoms with Gasteiger partial charge in [-0.25, -0.2) is 22.7 Å². The minimum absolute atomic E-state index is 0.145. The van der Waals surface area contributed by atoms with E-state index in [1.165, 1.54) is 4.31 Å². The first-order chi connectivity index (χ1) is 16.3. The lowest BCUT2D eigenvalue weighted by molar-refractivity contribution is 0.199. The van der Waals surface area contributed by atoms with Crippen LogP contribution in [0.4, 0.5) is 5.82 Å². The molecule has 4 rings (SSSR count). The Morgan fingerprint density at radius 1 is 1.18 bits per heavy atom. The molecule has 0 saturated carbocycles. The number of unbranched alkanes of at least 4 members (excludes halogenated alkanes) is 1. The van der Waals surface area contributed by atoms with E-state index in [4.69, 9.17) is 20.0 Å². The lowest BCUT2D eigenvalue weighted by atomic mass is 10.2. The number of hydrogen-bond donors (Lipinski definition) is 1. The number of aromatic nitrogens is 4. The molecule has 182 valence electrons. The van der Waals surface area contributed by atoms with E-state index in [1.54, 1.807) is 28.0 Å². The molecular weight excluding hydrogens is 456 g/mol. The zero-order valence-electron chi connectivity index (χ0n) is 19.9. The van der Waals surface area contributed by atoms with Gasteiger partial charge in [-0.3, -0.25) is 0 Å². The van der Waals surface area contributed by atoms with Gasteiger partial charge in [0.15, 0.2) is 11.6 Å². The highest BCUT2D eigenvalue weighted by Crippen LogP contribution is 2.29. The van der Waals surface area contributed by atoms with Crippen molar-refractivity contribution in [2.45, 2.75) is 44.6 Å². The third-order valence-electron chi connectivity index (χ3n) is 5.96. The molecule has 0 radical (unpaired) electrons. The first kappa shape index (κ1) is 24.1. The lowest BCUT2D eigenvalue weighted by Gasteiger charge is -2.17. The number of sulfonamides is 1. The standard InChI is InChI=1S/C23H30N6O4S/c1-15-22(16(2)33-27-15)34(30,31)28(3)12-7-8-13-29-19(11-14-32-4)26-20-21(29)17-9-5-6-10-18(17)25-23(20)24/h5-6,9-10H,7-8,11-14H2,1-4H3,(H2,24,25). The normalized spacial score (nSPS) is 12.4. The number of methoxy groups -OCH3 is 1. The molecule has 3 aromatic heterocycles. The molecule has 3 heterocycles. The number of nitrogen functional groups attached to an aromatic ring is 1. The van der Waals surface area contributed by atoms with Gasteiger partial charge in [0.1, 0.15) is 21.9 Å². The smallest absolute Gasteiger partial charge is 0.248 e. The molecule has 2 N–H and O–H groups in total. The molecule has 0 atom stereocenters. The number of rotatable bonds is 10. The number of fused-ring (bicyclic) bond motifs is 3. The van der Waals surface area contributed by atoms with Crippen LogP contribution in [0.3, 0.4) is 0 Å². The number of para-hydroxylation sites is 1. The second-order valence-electron chi connectivity index (χ2n) is 8.32. The van der Waals surface area contributed by atoms with Crippen molar-refractivity contribution in [2.24, 2.45) is 0 Å². The number of pyridine rings is 1. The lowest BCUT2D eigenvalue weighted by Crippen LogP contribution is -2.29. The minimum atomic E-state index is -3.66. The molecule has 0 aliphatic rings. The molecule has 4 aromatic rings. The summed E-state index contributed by atoms with van der Waals surface area (Å²) in [4.78, 5) is 9.43. The van der Waals surface area contributed by atoms with Crippen LogP contribution in [-0.4, -0.2) is 59.7 Å². The van der Waals surface area contributed by atoms with E-state index < -0.39 is 10.0 Å². The van der Waals surface area contributed by atoms with Gasteiger partial charge in [0, 0.05) is 39.1 Å². The summed E-state index contributed by atoms with van der Waals surface area (Å²) < 4.78 is 39.8. The van der Waals surface area contributed by atoms with Crippen LogP contribution in [0.5, 0.6) is 0 Å². The summed E-state index contributed by atoms with van der Waals surface area (Å²) in [5, 5.41) is 4.76. The highest BCUT2D eigenvalue weighted by atomic mass is 32.2. The van der Waals surface area contributed by atoms with Crippen LogP contribution in [0.1, 0.15) is 30.1 Å². The van der Waals surface area contributed by atoms with Crippen LogP contribution >= 0.6 is 0 Å². The van der Waals surface area contributed by atoms with Gasteiger partial charge in [-0.15, -0.1) is 0 Å². The van der Waals surface area contributed by atoms with E-state index in [-0.39, 0.29) is 4.90 Å². The predicted molar refractivity (Wildman–Crippen MR) is 130 cm³/mol. The van der Waals surface area contributed by atoms with Crippen LogP contribution in [0.25, 0.3) is 21.9 Å². The van der Waals surface area contributed by atoms with Crippen LogP contribution in [0.2, 0.25) is 0 Å². The SMILES string of the molecule is COCCc1nc2c(N)nc3ccccc3c2n1CCCCN(C)S(=O)(=O)c1c(C)noc1C. The molecule has 0 unspecified atom stereocenters. The van der Waals surface area contributed by atoms with Gasteiger partial charge in [0.2, 0.25) is 10.0 Å². The highest BCUT2D eigenvalue weighted by molar-refractivity contribution is 7.89. The van der Waals surface area contributed by atoms with Gasteiger partial charge >= 0.3 is 0 Å². The summed E-state index contributed by atoms with van der Waals surface area (Å²) >= 11 is 0. The fraction of sp³-hybridized carbons (Fsp3) is 0.435. The molecular formula is C23H30N6O4S. The third kappa shape index (κ3) is 4.38. The number of benzene rings is 1. The molecule has 0 spiro atoms. The first-order valence-electron chi connectivity index (χ1n) is 11.2. The van der Waals surface area contributed by atoms with Crippen molar-refractivity contribution in [3.05, 3.63) is 41.5 Å². The quantitative estimate of drug-likeness (QED) is 0.339. The van der Waals surface area contributed by atoms with Gasteiger partial charge in [0.25, 0.3) is 0 Å². The van der Waals surface area contributed by atoms with Gasteiger partial charge in [0.05, 0.1) is 17.6 Å². The number of nitrogens with zero attached hydrogens (tertiary/aromatic N) is 5. The Morgan fingerprint density at radius 3 is 2.65 bits per heavy atom. The molecule has 11 heteroatoms. The average Bonchev–Trinajstić information content (AvgIpc) is 3.35. The molecule has 0 fully saturated rings. The molecule has 0 bridgehead atoms. The molecule has 0 aliphatic carbocycles. The van der Waals surface area contributed by atoms with Gasteiger partial charge in [-0.05, 0) is 32.8 Å². The van der Waals surface area contributed by atoms with Crippen LogP contribution < -0.4 is 5.73 Å². The predicted octanol–water partition coefficient (Wildman–Crippen LogP) is 3.06. The van der Waals surface area contributed by atoms with Crippen molar-refractivity contribution < 1.29 is 17.7 Å². The Labute approximate surface area is 198 Å². The van der Waals surface area contributed by atoms with Crippen molar-refractivity contribution in [3.63, 3.8) is 0 Å². The Kier molecular flexibility index (Phi) is 6.87. The number of aryl methyl sites for hydroxylation is 3. The summed E-state index contributed by atoms with van der Waals surface area (Å²) in [6.07, 6.45) is 2.06. The third-order valence-corrected chi connectivity index (χ3v) is 8.06. The van der Waals surface area contributed by atoms with E-state index in [9.17, 15) is 8.42 Å². The number of nitrogens with two attached hydrogens (primary N) is 1. The van der Waals surface area contributed by atoms with E-state index in [1.807, 2.05) is 24.3 Å². The molecule has 0 amide bonds. The summed E-state index contributed by atoms with van der Waals surface area (Å²) in [7, 11) is -0.423. The van der Waals surface area contributed by atoms with Crippen molar-refractivity contribution in [1.82, 2.24) is 24.0 Å². The summed E-state index contributed by atoms with van der Waals surface area (Å²) in [5.74, 6) is 1.57. The zero-order chi connectivity index (χ0) is 24.5. The van der Waals surface area contributed by atoms with E-state index >= 15 is 0 Å². The van der Waals surface area contributed by atoms with E-state index in [0.29, 0.717) is 55.3 Å². The maximum Gasteiger partial charge on any atom is 0.248 e. The largest absolute Gasteiger partial charge is 0.384 e. The Bertz CT molecular complexity index is 1410. The number of ether oxygens (including phenoxy) is 1. The average molecular weight is 487 g/mol. The zero-order valence-corrected chi connectivity index (χ0v) is 20.7. The van der Waals surface area contributed by atoms with Crippen LogP contribution in [0, 0.1) is 13.8 Å². The van der Waals surface area contributed by atoms with E-state index in [0.717, 1.165) is 28.7 Å². The second kappa shape index (κ2) is 9.69. The van der Waals surface area contributed by atoms with Gasteiger partial charge in [-0.1, -0.05) is 23.4 Å².